The molecule has 106 valence electrons. The highest BCUT2D eigenvalue weighted by Gasteiger charge is 2.17. The van der Waals surface area contributed by atoms with Crippen molar-refractivity contribution >= 4 is 5.91 Å². The summed E-state index contributed by atoms with van der Waals surface area (Å²) in [5, 5.41) is 8.65. The number of hydrogen-bond donors (Lipinski definition) is 1. The van der Waals surface area contributed by atoms with Crippen LogP contribution < -0.4 is 4.74 Å². The Hall–Kier alpha value is -2.03. The van der Waals surface area contributed by atoms with Crippen molar-refractivity contribution in [1.82, 2.24) is 4.90 Å². The minimum absolute atomic E-state index is 0.00223. The molecule has 20 heavy (non-hydrogen) atoms. The Labute approximate surface area is 118 Å². The van der Waals surface area contributed by atoms with Gasteiger partial charge < -0.3 is 19.5 Å². The van der Waals surface area contributed by atoms with Crippen LogP contribution in [0, 0.1) is 11.8 Å². The molecule has 0 unspecified atom stereocenters. The normalized spacial score (nSPS) is 14.7. The molecular formula is C15H17NO4. The zero-order valence-corrected chi connectivity index (χ0v) is 11.2. The van der Waals surface area contributed by atoms with Crippen molar-refractivity contribution in [3.8, 4) is 17.6 Å². The van der Waals surface area contributed by atoms with Gasteiger partial charge in [0, 0.05) is 12.1 Å². The molecule has 0 radical (unpaired) electrons. The van der Waals surface area contributed by atoms with Crippen LogP contribution in [0.3, 0.4) is 0 Å². The monoisotopic (exact) mass is 275 g/mol. The van der Waals surface area contributed by atoms with Crippen LogP contribution in [0.1, 0.15) is 5.56 Å². The fourth-order valence-electron chi connectivity index (χ4n) is 1.87. The molecule has 0 spiro atoms. The number of carbonyl (C=O) groups excluding carboxylic acids is 1. The van der Waals surface area contributed by atoms with E-state index in [4.69, 9.17) is 14.6 Å². The summed E-state index contributed by atoms with van der Waals surface area (Å²) in [6.45, 7) is 2.18. The van der Waals surface area contributed by atoms with Crippen molar-refractivity contribution < 1.29 is 19.4 Å². The molecule has 1 amide bonds. The molecule has 1 aromatic rings. The Bertz CT molecular complexity index is 518. The number of aliphatic hydroxyl groups excluding tert-OH is 1. The summed E-state index contributed by atoms with van der Waals surface area (Å²) in [5.74, 6) is 6.12. The predicted molar refractivity (Wildman–Crippen MR) is 73.3 cm³/mol. The van der Waals surface area contributed by atoms with Gasteiger partial charge in [-0.15, -0.1) is 0 Å². The summed E-state index contributed by atoms with van der Waals surface area (Å²) >= 11 is 0. The minimum atomic E-state index is -0.162. The van der Waals surface area contributed by atoms with E-state index < -0.39 is 0 Å². The van der Waals surface area contributed by atoms with E-state index >= 15 is 0 Å². The molecule has 1 aliphatic heterocycles. The first-order valence-electron chi connectivity index (χ1n) is 6.48. The van der Waals surface area contributed by atoms with Crippen molar-refractivity contribution in [3.63, 3.8) is 0 Å². The Morgan fingerprint density at radius 3 is 3.15 bits per heavy atom. The van der Waals surface area contributed by atoms with Crippen LogP contribution in [0.4, 0.5) is 0 Å². The number of benzene rings is 1. The van der Waals surface area contributed by atoms with E-state index in [0.29, 0.717) is 32.1 Å². The van der Waals surface area contributed by atoms with Crippen molar-refractivity contribution in [2.75, 3.05) is 39.5 Å². The second-order valence-electron chi connectivity index (χ2n) is 4.27. The van der Waals surface area contributed by atoms with E-state index in [1.807, 2.05) is 24.3 Å². The summed E-state index contributed by atoms with van der Waals surface area (Å²) < 4.78 is 10.7. The van der Waals surface area contributed by atoms with Gasteiger partial charge in [-0.25, -0.2) is 0 Å². The zero-order chi connectivity index (χ0) is 14.2. The second kappa shape index (κ2) is 7.53. The van der Waals surface area contributed by atoms with Crippen LogP contribution in [-0.2, 0) is 9.53 Å². The Morgan fingerprint density at radius 1 is 1.45 bits per heavy atom. The molecule has 0 aromatic heterocycles. The molecule has 5 nitrogen and oxygen atoms in total. The molecule has 1 aliphatic rings. The molecule has 0 bridgehead atoms. The Morgan fingerprint density at radius 2 is 2.35 bits per heavy atom. The molecule has 0 aliphatic carbocycles. The molecular weight excluding hydrogens is 258 g/mol. The van der Waals surface area contributed by atoms with Gasteiger partial charge in [-0.2, -0.15) is 0 Å². The van der Waals surface area contributed by atoms with Crippen LogP contribution in [0.2, 0.25) is 0 Å². The molecule has 5 heteroatoms. The van der Waals surface area contributed by atoms with Crippen molar-refractivity contribution in [1.29, 1.82) is 0 Å². The van der Waals surface area contributed by atoms with E-state index in [0.717, 1.165) is 5.56 Å². The van der Waals surface area contributed by atoms with Crippen LogP contribution in [0.15, 0.2) is 24.3 Å². The van der Waals surface area contributed by atoms with Crippen molar-refractivity contribution in [2.45, 2.75) is 0 Å². The highest BCUT2D eigenvalue weighted by molar-refractivity contribution is 5.77. The third-order valence-corrected chi connectivity index (χ3v) is 2.86. The van der Waals surface area contributed by atoms with Gasteiger partial charge in [-0.05, 0) is 18.2 Å². The standard InChI is InChI=1S/C15H17NO4/c17-8-2-4-13-3-1-5-14(11-13)20-10-7-16-6-9-19-12-15(16)18/h1,3,5,11,17H,6-10,12H2. The first kappa shape index (κ1) is 14.4. The molecule has 1 aromatic carbocycles. The summed E-state index contributed by atoms with van der Waals surface area (Å²) in [5.41, 5.74) is 0.791. The van der Waals surface area contributed by atoms with Crippen molar-refractivity contribution in [3.05, 3.63) is 29.8 Å². The van der Waals surface area contributed by atoms with Gasteiger partial charge in [0.1, 0.15) is 25.6 Å². The summed E-state index contributed by atoms with van der Waals surface area (Å²) in [4.78, 5) is 13.2. The van der Waals surface area contributed by atoms with Gasteiger partial charge in [0.05, 0.1) is 13.2 Å². The molecule has 1 N–H and O–H groups in total. The number of ether oxygens (including phenoxy) is 2. The molecule has 0 atom stereocenters. The first-order valence-corrected chi connectivity index (χ1v) is 6.48. The molecule has 0 saturated carbocycles. The van der Waals surface area contributed by atoms with Crippen molar-refractivity contribution in [2.24, 2.45) is 0 Å². The van der Waals surface area contributed by atoms with Gasteiger partial charge >= 0.3 is 0 Å². The maximum Gasteiger partial charge on any atom is 0.248 e. The lowest BCUT2D eigenvalue weighted by atomic mass is 10.2. The summed E-state index contributed by atoms with van der Waals surface area (Å²) in [6.07, 6.45) is 0. The maximum atomic E-state index is 11.5. The molecule has 1 saturated heterocycles. The van der Waals surface area contributed by atoms with Crippen LogP contribution in [0.5, 0.6) is 5.75 Å². The molecule has 1 heterocycles. The third kappa shape index (κ3) is 4.26. The minimum Gasteiger partial charge on any atom is -0.492 e. The van der Waals surface area contributed by atoms with E-state index in [9.17, 15) is 4.79 Å². The topological polar surface area (TPSA) is 59.0 Å². The number of nitrogens with zero attached hydrogens (tertiary/aromatic N) is 1. The van der Waals surface area contributed by atoms with E-state index in [2.05, 4.69) is 11.8 Å². The lowest BCUT2D eigenvalue weighted by molar-refractivity contribution is -0.143. The zero-order valence-electron chi connectivity index (χ0n) is 11.2. The highest BCUT2D eigenvalue weighted by Crippen LogP contribution is 2.12. The molecule has 2 rings (SSSR count). The summed E-state index contributed by atoms with van der Waals surface area (Å²) in [7, 11) is 0. The predicted octanol–water partition coefficient (Wildman–Crippen LogP) is 0.268. The van der Waals surface area contributed by atoms with E-state index in [-0.39, 0.29) is 19.1 Å². The van der Waals surface area contributed by atoms with Gasteiger partial charge in [0.25, 0.3) is 0 Å². The SMILES string of the molecule is O=C1COCCN1CCOc1cccc(C#CCO)c1. The van der Waals surface area contributed by atoms with E-state index in [1.54, 1.807) is 4.90 Å². The lowest BCUT2D eigenvalue weighted by Gasteiger charge is -2.26. The average molecular weight is 275 g/mol. The number of morpholine rings is 1. The fraction of sp³-hybridized carbons (Fsp3) is 0.400. The van der Waals surface area contributed by atoms with E-state index in [1.165, 1.54) is 0 Å². The lowest BCUT2D eigenvalue weighted by Crippen LogP contribution is -2.43. The van der Waals surface area contributed by atoms with Crippen LogP contribution in [0.25, 0.3) is 0 Å². The van der Waals surface area contributed by atoms with Gasteiger partial charge in [0.2, 0.25) is 5.91 Å². The first-order chi connectivity index (χ1) is 9.79. The largest absolute Gasteiger partial charge is 0.492 e. The number of hydrogen-bond acceptors (Lipinski definition) is 4. The van der Waals surface area contributed by atoms with Gasteiger partial charge in [0.15, 0.2) is 0 Å². The number of carbonyl (C=O) groups is 1. The Kier molecular flexibility index (Phi) is 5.42. The van der Waals surface area contributed by atoms with Crippen LogP contribution >= 0.6 is 0 Å². The number of aliphatic hydroxyl groups is 1. The summed E-state index contributed by atoms with van der Waals surface area (Å²) in [6, 6.07) is 7.34. The fourth-order valence-corrected chi connectivity index (χ4v) is 1.87. The average Bonchev–Trinajstić information content (AvgIpc) is 2.48. The smallest absolute Gasteiger partial charge is 0.248 e. The maximum absolute atomic E-state index is 11.5. The number of rotatable bonds is 4. The van der Waals surface area contributed by atoms with Crippen LogP contribution in [-0.4, -0.2) is 55.4 Å². The Balaban J connectivity index is 1.83. The van der Waals surface area contributed by atoms with Gasteiger partial charge in [-0.3, -0.25) is 4.79 Å². The highest BCUT2D eigenvalue weighted by atomic mass is 16.5. The molecule has 1 fully saturated rings. The van der Waals surface area contributed by atoms with Gasteiger partial charge in [-0.1, -0.05) is 17.9 Å². The quantitative estimate of drug-likeness (QED) is 0.801. The third-order valence-electron chi connectivity index (χ3n) is 2.86. The number of amides is 1. The second-order valence-corrected chi connectivity index (χ2v) is 4.27.